The Morgan fingerprint density at radius 3 is 2.89 bits per heavy atom. The van der Waals surface area contributed by atoms with Crippen molar-refractivity contribution in [1.82, 2.24) is 5.32 Å². The van der Waals surface area contributed by atoms with Crippen molar-refractivity contribution in [3.8, 4) is 11.8 Å². The molecule has 1 unspecified atom stereocenters. The highest BCUT2D eigenvalue weighted by molar-refractivity contribution is 7.99. The van der Waals surface area contributed by atoms with Crippen LogP contribution in [0.3, 0.4) is 0 Å². The van der Waals surface area contributed by atoms with Crippen molar-refractivity contribution in [1.29, 1.82) is 5.26 Å². The third kappa shape index (κ3) is 3.43. The number of methoxy groups -OCH3 is 1. The molecule has 2 rings (SSSR count). The molecular formula is C15H20N2OS. The molecular weight excluding hydrogens is 256 g/mol. The first-order valence-corrected chi connectivity index (χ1v) is 7.66. The maximum absolute atomic E-state index is 9.55. The zero-order valence-electron chi connectivity index (χ0n) is 11.5. The van der Waals surface area contributed by atoms with Gasteiger partial charge in [-0.3, -0.25) is 5.32 Å². The summed E-state index contributed by atoms with van der Waals surface area (Å²) in [6.07, 6.45) is 2.33. The molecule has 1 fully saturated rings. The van der Waals surface area contributed by atoms with E-state index in [0.717, 1.165) is 22.9 Å². The average molecular weight is 276 g/mol. The molecule has 1 atom stereocenters. The molecule has 0 bridgehead atoms. The third-order valence-corrected chi connectivity index (χ3v) is 4.66. The lowest BCUT2D eigenvalue weighted by Gasteiger charge is -2.27. The number of thioether (sulfide) groups is 1. The Kier molecular flexibility index (Phi) is 4.73. The van der Waals surface area contributed by atoms with E-state index in [4.69, 9.17) is 4.74 Å². The quantitative estimate of drug-likeness (QED) is 0.777. The van der Waals surface area contributed by atoms with Crippen molar-refractivity contribution in [2.45, 2.75) is 30.2 Å². The number of benzene rings is 1. The molecule has 1 aromatic rings. The summed E-state index contributed by atoms with van der Waals surface area (Å²) in [7, 11) is 1.67. The molecule has 1 aliphatic carbocycles. The van der Waals surface area contributed by atoms with Gasteiger partial charge in [-0.15, -0.1) is 11.8 Å². The van der Waals surface area contributed by atoms with Gasteiger partial charge in [0.15, 0.2) is 0 Å². The smallest absolute Gasteiger partial charge is 0.119 e. The van der Waals surface area contributed by atoms with Crippen LogP contribution in [-0.4, -0.2) is 24.9 Å². The number of rotatable bonds is 7. The van der Waals surface area contributed by atoms with E-state index >= 15 is 0 Å². The number of hydrogen-bond donors (Lipinski definition) is 1. The molecule has 1 aromatic carbocycles. The molecule has 0 saturated heterocycles. The maximum atomic E-state index is 9.55. The summed E-state index contributed by atoms with van der Waals surface area (Å²) in [6.45, 7) is 2.90. The van der Waals surface area contributed by atoms with E-state index in [2.05, 4.69) is 24.4 Å². The van der Waals surface area contributed by atoms with Crippen molar-refractivity contribution in [2.24, 2.45) is 5.92 Å². The second kappa shape index (κ2) is 6.31. The van der Waals surface area contributed by atoms with Crippen LogP contribution in [0.25, 0.3) is 0 Å². The normalized spacial score (nSPS) is 17.5. The van der Waals surface area contributed by atoms with E-state index in [1.54, 1.807) is 18.9 Å². The summed E-state index contributed by atoms with van der Waals surface area (Å²) in [5, 5.41) is 12.9. The standard InChI is InChI=1S/C15H20N2OS/c1-3-17-15(10-16,12-7-8-12)11-19-14-6-4-5-13(9-14)18-2/h4-6,9,12,17H,3,7-8,11H2,1-2H3. The lowest BCUT2D eigenvalue weighted by molar-refractivity contribution is 0.413. The van der Waals surface area contributed by atoms with Gasteiger partial charge in [-0.1, -0.05) is 13.0 Å². The molecule has 1 N–H and O–H groups in total. The van der Waals surface area contributed by atoms with Gasteiger partial charge >= 0.3 is 0 Å². The SMILES string of the molecule is CCNC(C#N)(CSc1cccc(OC)c1)C1CC1. The Bertz CT molecular complexity index is 467. The molecule has 1 aliphatic rings. The molecule has 0 aromatic heterocycles. The minimum atomic E-state index is -0.373. The van der Waals surface area contributed by atoms with Crippen LogP contribution >= 0.6 is 11.8 Å². The minimum absolute atomic E-state index is 0.373. The van der Waals surface area contributed by atoms with Gasteiger partial charge in [0, 0.05) is 10.6 Å². The predicted molar refractivity (Wildman–Crippen MR) is 78.5 cm³/mol. The van der Waals surface area contributed by atoms with Crippen LogP contribution < -0.4 is 10.1 Å². The second-order valence-electron chi connectivity index (χ2n) is 4.86. The van der Waals surface area contributed by atoms with E-state index in [1.807, 2.05) is 18.2 Å². The van der Waals surface area contributed by atoms with E-state index in [-0.39, 0.29) is 5.54 Å². The molecule has 3 nitrogen and oxygen atoms in total. The van der Waals surface area contributed by atoms with Crippen LogP contribution in [0.2, 0.25) is 0 Å². The highest BCUT2D eigenvalue weighted by Crippen LogP contribution is 2.42. The van der Waals surface area contributed by atoms with Crippen molar-refractivity contribution in [2.75, 3.05) is 19.4 Å². The molecule has 0 spiro atoms. The van der Waals surface area contributed by atoms with Gasteiger partial charge in [0.1, 0.15) is 11.3 Å². The highest BCUT2D eigenvalue weighted by Gasteiger charge is 2.45. The van der Waals surface area contributed by atoms with E-state index < -0.39 is 0 Å². The Hall–Kier alpha value is -1.18. The first-order valence-electron chi connectivity index (χ1n) is 6.67. The number of nitrogens with one attached hydrogen (secondary N) is 1. The molecule has 4 heteroatoms. The zero-order valence-corrected chi connectivity index (χ0v) is 12.3. The predicted octanol–water partition coefficient (Wildman–Crippen LogP) is 3.07. The van der Waals surface area contributed by atoms with Crippen molar-refractivity contribution < 1.29 is 4.74 Å². The van der Waals surface area contributed by atoms with Gasteiger partial charge in [0.05, 0.1) is 13.2 Å². The van der Waals surface area contributed by atoms with Gasteiger partial charge in [-0.05, 0) is 43.5 Å². The van der Waals surface area contributed by atoms with Crippen molar-refractivity contribution >= 4 is 11.8 Å². The first kappa shape index (κ1) is 14.2. The highest BCUT2D eigenvalue weighted by atomic mass is 32.2. The van der Waals surface area contributed by atoms with Crippen LogP contribution in [0.5, 0.6) is 5.75 Å². The second-order valence-corrected chi connectivity index (χ2v) is 5.90. The summed E-state index contributed by atoms with van der Waals surface area (Å²) < 4.78 is 5.23. The molecule has 102 valence electrons. The minimum Gasteiger partial charge on any atom is -0.497 e. The van der Waals surface area contributed by atoms with Gasteiger partial charge < -0.3 is 4.74 Å². The van der Waals surface area contributed by atoms with Crippen molar-refractivity contribution in [3.05, 3.63) is 24.3 Å². The van der Waals surface area contributed by atoms with Crippen LogP contribution in [-0.2, 0) is 0 Å². The van der Waals surface area contributed by atoms with Crippen LogP contribution in [0.4, 0.5) is 0 Å². The number of nitrogens with zero attached hydrogens (tertiary/aromatic N) is 1. The van der Waals surface area contributed by atoms with E-state index in [1.165, 1.54) is 12.8 Å². The molecule has 0 aliphatic heterocycles. The first-order chi connectivity index (χ1) is 9.24. The molecule has 0 radical (unpaired) electrons. The number of nitriles is 1. The molecule has 1 saturated carbocycles. The molecule has 0 heterocycles. The summed E-state index contributed by atoms with van der Waals surface area (Å²) in [5.74, 6) is 2.16. The molecule has 0 amide bonds. The summed E-state index contributed by atoms with van der Waals surface area (Å²) in [4.78, 5) is 1.15. The number of hydrogen-bond acceptors (Lipinski definition) is 4. The zero-order chi connectivity index (χ0) is 13.7. The Morgan fingerprint density at radius 2 is 2.32 bits per heavy atom. The summed E-state index contributed by atoms with van der Waals surface area (Å²) >= 11 is 1.72. The Morgan fingerprint density at radius 1 is 1.53 bits per heavy atom. The number of ether oxygens (including phenoxy) is 1. The average Bonchev–Trinajstić information content (AvgIpc) is 3.29. The maximum Gasteiger partial charge on any atom is 0.119 e. The fourth-order valence-electron chi connectivity index (χ4n) is 2.26. The van der Waals surface area contributed by atoms with E-state index in [9.17, 15) is 5.26 Å². The third-order valence-electron chi connectivity index (χ3n) is 3.47. The van der Waals surface area contributed by atoms with Gasteiger partial charge in [-0.2, -0.15) is 5.26 Å². The van der Waals surface area contributed by atoms with Gasteiger partial charge in [-0.25, -0.2) is 0 Å². The van der Waals surface area contributed by atoms with Crippen LogP contribution in [0, 0.1) is 17.2 Å². The Labute approximate surface area is 119 Å². The topological polar surface area (TPSA) is 45.0 Å². The summed E-state index contributed by atoms with van der Waals surface area (Å²) in [5.41, 5.74) is -0.373. The van der Waals surface area contributed by atoms with Crippen LogP contribution in [0.1, 0.15) is 19.8 Å². The lowest BCUT2D eigenvalue weighted by Crippen LogP contribution is -2.48. The van der Waals surface area contributed by atoms with Gasteiger partial charge in [0.25, 0.3) is 0 Å². The fraction of sp³-hybridized carbons (Fsp3) is 0.533. The lowest BCUT2D eigenvalue weighted by atomic mass is 9.98. The molecule has 19 heavy (non-hydrogen) atoms. The summed E-state index contributed by atoms with van der Waals surface area (Å²) in [6, 6.07) is 10.5. The monoisotopic (exact) mass is 276 g/mol. The van der Waals surface area contributed by atoms with Gasteiger partial charge in [0.2, 0.25) is 0 Å². The van der Waals surface area contributed by atoms with E-state index in [0.29, 0.717) is 5.92 Å². The fourth-order valence-corrected chi connectivity index (χ4v) is 3.43. The largest absolute Gasteiger partial charge is 0.497 e. The van der Waals surface area contributed by atoms with Crippen molar-refractivity contribution in [3.63, 3.8) is 0 Å². The van der Waals surface area contributed by atoms with Crippen LogP contribution in [0.15, 0.2) is 29.2 Å². The Balaban J connectivity index is 2.04.